The van der Waals surface area contributed by atoms with Crippen molar-refractivity contribution in [1.82, 2.24) is 13.9 Å². The fourth-order valence-electron chi connectivity index (χ4n) is 3.54. The van der Waals surface area contributed by atoms with Crippen LogP contribution in [0.3, 0.4) is 0 Å². The number of nitrogens with zero attached hydrogens (tertiary/aromatic N) is 3. The van der Waals surface area contributed by atoms with Gasteiger partial charge in [0.05, 0.1) is 0 Å². The van der Waals surface area contributed by atoms with Gasteiger partial charge in [-0.2, -0.15) is 0 Å². The van der Waals surface area contributed by atoms with Gasteiger partial charge in [0.25, 0.3) is 0 Å². The Morgan fingerprint density at radius 3 is 2.79 bits per heavy atom. The lowest BCUT2D eigenvalue weighted by Crippen LogP contribution is -2.39. The second-order valence-electron chi connectivity index (χ2n) is 8.10. The molecular formula is C21H21BrIN3O2S. The Labute approximate surface area is 195 Å². The van der Waals surface area contributed by atoms with E-state index in [0.717, 1.165) is 27.5 Å². The number of hydrogen-bond acceptors (Lipinski definition) is 4. The van der Waals surface area contributed by atoms with E-state index in [1.54, 1.807) is 14.0 Å². The molecule has 3 heterocycles. The maximum absolute atomic E-state index is 12.4. The van der Waals surface area contributed by atoms with Crippen LogP contribution in [0.15, 0.2) is 41.1 Å². The Balaban J connectivity index is 1.65. The highest BCUT2D eigenvalue weighted by atomic mass is 127. The van der Waals surface area contributed by atoms with E-state index >= 15 is 0 Å². The molecule has 1 amide bonds. The lowest BCUT2D eigenvalue weighted by atomic mass is 9.95. The van der Waals surface area contributed by atoms with Gasteiger partial charge in [-0.15, -0.1) is 0 Å². The first-order valence-corrected chi connectivity index (χ1v) is 13.4. The first-order chi connectivity index (χ1) is 13.7. The molecule has 0 spiro atoms. The van der Waals surface area contributed by atoms with Gasteiger partial charge < -0.3 is 9.64 Å². The number of carbonyl (C=O) groups is 1. The van der Waals surface area contributed by atoms with Crippen molar-refractivity contribution in [2.75, 3.05) is 6.54 Å². The number of amides is 1. The first-order valence-electron chi connectivity index (χ1n) is 9.31. The molecule has 3 aromatic rings. The minimum Gasteiger partial charge on any atom is -0.444 e. The zero-order valence-corrected chi connectivity index (χ0v) is 21.0. The van der Waals surface area contributed by atoms with Crippen molar-refractivity contribution in [2.45, 2.75) is 39.3 Å². The smallest absolute Gasteiger partial charge is 0.410 e. The summed E-state index contributed by atoms with van der Waals surface area (Å²) in [4.78, 5) is 18.8. The van der Waals surface area contributed by atoms with Gasteiger partial charge in [0.1, 0.15) is 5.60 Å². The van der Waals surface area contributed by atoms with Crippen LogP contribution in [-0.2, 0) is 17.7 Å². The van der Waals surface area contributed by atoms with Crippen molar-refractivity contribution < 1.29 is 9.53 Å². The number of carbonyl (C=O) groups excluding carboxylic acids is 1. The Hall–Kier alpha value is -1.26. The number of pyridine rings is 1. The third-order valence-electron chi connectivity index (χ3n) is 4.83. The molecule has 0 saturated heterocycles. The van der Waals surface area contributed by atoms with Gasteiger partial charge in [-0.3, -0.25) is 3.97 Å². The number of rotatable bonds is 2. The van der Waals surface area contributed by atoms with E-state index in [9.17, 15) is 4.79 Å². The molecular weight excluding hydrogens is 565 g/mol. The molecule has 0 saturated carbocycles. The molecule has 1 aromatic carbocycles. The van der Waals surface area contributed by atoms with Gasteiger partial charge in [-0.05, 0) is 65.9 Å². The molecule has 4 rings (SSSR count). The number of fused-ring (bicyclic) bond motifs is 2. The minimum absolute atomic E-state index is 0.245. The molecule has 0 N–H and O–H groups in total. The molecule has 2 aromatic heterocycles. The Bertz CT molecular complexity index is 1090. The van der Waals surface area contributed by atoms with Crippen LogP contribution in [0.1, 0.15) is 31.9 Å². The molecule has 0 aliphatic carbocycles. The van der Waals surface area contributed by atoms with E-state index in [-0.39, 0.29) is 6.09 Å². The van der Waals surface area contributed by atoms with E-state index < -0.39 is 5.60 Å². The van der Waals surface area contributed by atoms with Crippen molar-refractivity contribution in [3.63, 3.8) is 0 Å². The molecule has 1 aliphatic rings. The topological polar surface area (TPSA) is 47.4 Å². The standard InChI is InChI=1S/C21H21BrIN3O2S/c1-21(2,3)28-20(27)25-7-6-13-8-14(4-5-15(13)11-25)18-12-26(29-23)19-17(18)9-16(22)10-24-19/h4-5,8-10,12H,6-7,11H2,1-3H3. The van der Waals surface area contributed by atoms with Gasteiger partial charge in [-0.1, -0.05) is 18.2 Å². The second-order valence-corrected chi connectivity index (χ2v) is 10.7. The Kier molecular flexibility index (Phi) is 5.87. The lowest BCUT2D eigenvalue weighted by Gasteiger charge is -2.31. The summed E-state index contributed by atoms with van der Waals surface area (Å²) in [7, 11) is 1.61. The van der Waals surface area contributed by atoms with Crippen molar-refractivity contribution >= 4 is 63.4 Å². The molecule has 0 atom stereocenters. The summed E-state index contributed by atoms with van der Waals surface area (Å²) >= 11 is 5.81. The second kappa shape index (κ2) is 8.11. The molecule has 5 nitrogen and oxygen atoms in total. The number of halogens is 2. The summed E-state index contributed by atoms with van der Waals surface area (Å²) in [6.07, 6.45) is 4.54. The number of benzene rings is 1. The quantitative estimate of drug-likeness (QED) is 0.318. The molecule has 1 aliphatic heterocycles. The van der Waals surface area contributed by atoms with E-state index in [2.05, 4.69) is 76.6 Å². The SMILES string of the molecule is CC(C)(C)OC(=O)N1CCc2cc(-c3cn(SI)c4ncc(Br)cc34)ccc2C1. The summed E-state index contributed by atoms with van der Waals surface area (Å²) in [6, 6.07) is 8.63. The normalized spacial score (nSPS) is 14.2. The molecule has 152 valence electrons. The van der Waals surface area contributed by atoms with E-state index in [1.807, 2.05) is 27.0 Å². The highest BCUT2D eigenvalue weighted by Crippen LogP contribution is 2.36. The highest BCUT2D eigenvalue weighted by Gasteiger charge is 2.26. The third kappa shape index (κ3) is 4.44. The van der Waals surface area contributed by atoms with Crippen LogP contribution in [0.2, 0.25) is 0 Å². The van der Waals surface area contributed by atoms with Crippen LogP contribution in [0.4, 0.5) is 4.79 Å². The number of aromatic nitrogens is 2. The average Bonchev–Trinajstić information content (AvgIpc) is 3.03. The molecule has 0 radical (unpaired) electrons. The van der Waals surface area contributed by atoms with Gasteiger partial charge in [0.15, 0.2) is 5.65 Å². The van der Waals surface area contributed by atoms with Crippen LogP contribution in [0, 0.1) is 0 Å². The molecule has 0 bridgehead atoms. The minimum atomic E-state index is -0.478. The fourth-order valence-corrected chi connectivity index (χ4v) is 5.13. The summed E-state index contributed by atoms with van der Waals surface area (Å²) in [5, 5.41) is 1.12. The zero-order valence-electron chi connectivity index (χ0n) is 16.4. The van der Waals surface area contributed by atoms with Crippen molar-refractivity contribution in [1.29, 1.82) is 0 Å². The maximum atomic E-state index is 12.4. The van der Waals surface area contributed by atoms with E-state index in [0.29, 0.717) is 13.1 Å². The van der Waals surface area contributed by atoms with Gasteiger partial charge in [-0.25, -0.2) is 9.78 Å². The van der Waals surface area contributed by atoms with Crippen LogP contribution < -0.4 is 0 Å². The van der Waals surface area contributed by atoms with Crippen LogP contribution >= 0.6 is 46.3 Å². The summed E-state index contributed by atoms with van der Waals surface area (Å²) in [5.41, 5.74) is 5.27. The van der Waals surface area contributed by atoms with Crippen LogP contribution in [0.25, 0.3) is 22.2 Å². The monoisotopic (exact) mass is 585 g/mol. The predicted octanol–water partition coefficient (Wildman–Crippen LogP) is 6.61. The molecule has 0 unspecified atom stereocenters. The highest BCUT2D eigenvalue weighted by molar-refractivity contribution is 14.2. The molecule has 8 heteroatoms. The van der Waals surface area contributed by atoms with E-state index in [1.165, 1.54) is 16.7 Å². The summed E-state index contributed by atoms with van der Waals surface area (Å²) in [6.45, 7) is 6.94. The van der Waals surface area contributed by atoms with E-state index in [4.69, 9.17) is 4.74 Å². The predicted molar refractivity (Wildman–Crippen MR) is 130 cm³/mol. The Morgan fingerprint density at radius 1 is 1.28 bits per heavy atom. The lowest BCUT2D eigenvalue weighted by molar-refractivity contribution is 0.0224. The summed E-state index contributed by atoms with van der Waals surface area (Å²) in [5.74, 6) is 0. The number of ether oxygens (including phenoxy) is 1. The largest absolute Gasteiger partial charge is 0.444 e. The average molecular weight is 586 g/mol. The van der Waals surface area contributed by atoms with Gasteiger partial charge in [0, 0.05) is 71.2 Å². The zero-order chi connectivity index (χ0) is 20.8. The Morgan fingerprint density at radius 2 is 2.07 bits per heavy atom. The maximum Gasteiger partial charge on any atom is 0.410 e. The number of hydrogen-bond donors (Lipinski definition) is 0. The van der Waals surface area contributed by atoms with Gasteiger partial charge >= 0.3 is 6.09 Å². The van der Waals surface area contributed by atoms with Crippen molar-refractivity contribution in [3.8, 4) is 11.1 Å². The van der Waals surface area contributed by atoms with Crippen LogP contribution in [0.5, 0.6) is 0 Å². The molecule has 29 heavy (non-hydrogen) atoms. The van der Waals surface area contributed by atoms with Crippen molar-refractivity contribution in [3.05, 3.63) is 52.3 Å². The third-order valence-corrected chi connectivity index (χ3v) is 6.97. The molecule has 0 fully saturated rings. The van der Waals surface area contributed by atoms with Gasteiger partial charge in [0.2, 0.25) is 0 Å². The first kappa shape index (κ1) is 21.0. The van der Waals surface area contributed by atoms with Crippen molar-refractivity contribution in [2.24, 2.45) is 0 Å². The summed E-state index contributed by atoms with van der Waals surface area (Å²) < 4.78 is 8.58. The fraction of sp³-hybridized carbons (Fsp3) is 0.333. The van der Waals surface area contributed by atoms with Crippen LogP contribution in [-0.4, -0.2) is 32.1 Å².